The van der Waals surface area contributed by atoms with Crippen LogP contribution in [0.4, 0.5) is 4.39 Å². The minimum absolute atomic E-state index is 0.00519. The molecule has 1 rings (SSSR count). The van der Waals surface area contributed by atoms with Gasteiger partial charge in [0.1, 0.15) is 13.7 Å². The second-order valence-corrected chi connectivity index (χ2v) is 2.15. The van der Waals surface area contributed by atoms with Crippen molar-refractivity contribution in [2.24, 2.45) is 0 Å². The Morgan fingerprint density at radius 3 is 2.45 bits per heavy atom. The normalized spacial score (nSPS) is 9.73. The minimum atomic E-state index is -1.65. The predicted octanol–water partition coefficient (Wildman–Crippen LogP) is -1.70. The summed E-state index contributed by atoms with van der Waals surface area (Å²) in [5.41, 5.74) is 0.0890. The SMILES string of the molecule is [B]c1ccc(B(O)O)cc1F. The van der Waals surface area contributed by atoms with Crippen molar-refractivity contribution in [1.82, 2.24) is 0 Å². The van der Waals surface area contributed by atoms with Crippen LogP contribution in [0.15, 0.2) is 18.2 Å². The van der Waals surface area contributed by atoms with Crippen LogP contribution in [0.1, 0.15) is 0 Å². The Morgan fingerprint density at radius 2 is 2.00 bits per heavy atom. The fourth-order valence-corrected chi connectivity index (χ4v) is 0.704. The first-order chi connectivity index (χ1) is 5.11. The van der Waals surface area contributed by atoms with Crippen molar-refractivity contribution in [3.05, 3.63) is 24.0 Å². The van der Waals surface area contributed by atoms with E-state index in [1.54, 1.807) is 0 Å². The van der Waals surface area contributed by atoms with Crippen LogP contribution in [0.2, 0.25) is 0 Å². The summed E-state index contributed by atoms with van der Waals surface area (Å²) in [4.78, 5) is 0. The van der Waals surface area contributed by atoms with Crippen LogP contribution in [-0.4, -0.2) is 25.0 Å². The van der Waals surface area contributed by atoms with Crippen LogP contribution in [0.25, 0.3) is 0 Å². The highest BCUT2D eigenvalue weighted by Gasteiger charge is 2.11. The molecule has 0 unspecified atom stereocenters. The number of hydrogen-bond donors (Lipinski definition) is 2. The highest BCUT2D eigenvalue weighted by molar-refractivity contribution is 6.58. The lowest BCUT2D eigenvalue weighted by Crippen LogP contribution is -2.31. The maximum absolute atomic E-state index is 12.6. The van der Waals surface area contributed by atoms with Gasteiger partial charge >= 0.3 is 7.12 Å². The van der Waals surface area contributed by atoms with Crippen LogP contribution in [0, 0.1) is 5.82 Å². The lowest BCUT2D eigenvalue weighted by molar-refractivity contribution is 0.425. The van der Waals surface area contributed by atoms with Crippen LogP contribution in [0.3, 0.4) is 0 Å². The maximum atomic E-state index is 12.6. The van der Waals surface area contributed by atoms with Crippen molar-refractivity contribution >= 4 is 25.9 Å². The van der Waals surface area contributed by atoms with Gasteiger partial charge in [0, 0.05) is 0 Å². The van der Waals surface area contributed by atoms with Crippen molar-refractivity contribution in [3.63, 3.8) is 0 Å². The lowest BCUT2D eigenvalue weighted by Gasteiger charge is -2.00. The molecule has 54 valence electrons. The molecule has 0 saturated carbocycles. The van der Waals surface area contributed by atoms with Gasteiger partial charge in [0.05, 0.1) is 0 Å². The molecular weight excluding hydrogens is 145 g/mol. The molecule has 5 heteroatoms. The predicted molar refractivity (Wildman–Crippen MR) is 41.6 cm³/mol. The van der Waals surface area contributed by atoms with Gasteiger partial charge in [0.2, 0.25) is 0 Å². The fourth-order valence-electron chi connectivity index (χ4n) is 0.704. The molecule has 0 bridgehead atoms. The van der Waals surface area contributed by atoms with Gasteiger partial charge in [-0.2, -0.15) is 0 Å². The van der Waals surface area contributed by atoms with Gasteiger partial charge < -0.3 is 10.0 Å². The van der Waals surface area contributed by atoms with Crippen LogP contribution >= 0.6 is 0 Å². The minimum Gasteiger partial charge on any atom is -0.423 e. The average Bonchev–Trinajstić information content (AvgIpc) is 1.94. The second kappa shape index (κ2) is 3.07. The molecule has 0 aliphatic carbocycles. The highest BCUT2D eigenvalue weighted by atomic mass is 19.1. The molecule has 0 aliphatic rings. The first-order valence-corrected chi connectivity index (χ1v) is 3.02. The monoisotopic (exact) mass is 150 g/mol. The van der Waals surface area contributed by atoms with Crippen molar-refractivity contribution in [2.45, 2.75) is 0 Å². The van der Waals surface area contributed by atoms with Gasteiger partial charge in [-0.15, -0.1) is 0 Å². The topological polar surface area (TPSA) is 40.5 Å². The molecule has 0 amide bonds. The molecule has 0 aliphatic heterocycles. The van der Waals surface area contributed by atoms with Crippen molar-refractivity contribution in [3.8, 4) is 0 Å². The molecule has 2 nitrogen and oxygen atoms in total. The Labute approximate surface area is 65.2 Å². The fraction of sp³-hybridized carbons (Fsp3) is 0. The van der Waals surface area contributed by atoms with Gasteiger partial charge in [-0.3, -0.25) is 0 Å². The Balaban J connectivity index is 3.05. The maximum Gasteiger partial charge on any atom is 0.488 e. The van der Waals surface area contributed by atoms with E-state index in [-0.39, 0.29) is 10.9 Å². The van der Waals surface area contributed by atoms with Gasteiger partial charge in [-0.25, -0.2) is 4.39 Å². The van der Waals surface area contributed by atoms with E-state index in [2.05, 4.69) is 0 Å². The number of hydrogen-bond acceptors (Lipinski definition) is 2. The zero-order chi connectivity index (χ0) is 8.43. The Bertz CT molecular complexity index is 265. The number of rotatable bonds is 1. The smallest absolute Gasteiger partial charge is 0.423 e. The molecule has 0 fully saturated rings. The quantitative estimate of drug-likeness (QED) is 0.468. The summed E-state index contributed by atoms with van der Waals surface area (Å²) in [5, 5.41) is 17.2. The molecule has 2 N–H and O–H groups in total. The van der Waals surface area contributed by atoms with Crippen LogP contribution < -0.4 is 10.9 Å². The number of benzene rings is 1. The third-order valence-corrected chi connectivity index (χ3v) is 1.32. The van der Waals surface area contributed by atoms with E-state index in [1.165, 1.54) is 12.1 Å². The van der Waals surface area contributed by atoms with E-state index in [0.717, 1.165) is 6.07 Å². The summed E-state index contributed by atoms with van der Waals surface area (Å²) in [5.74, 6) is -0.643. The van der Waals surface area contributed by atoms with Gasteiger partial charge in [0.15, 0.2) is 0 Å². The number of halogens is 1. The molecule has 2 radical (unpaired) electrons. The third-order valence-electron chi connectivity index (χ3n) is 1.32. The van der Waals surface area contributed by atoms with E-state index >= 15 is 0 Å². The Morgan fingerprint density at radius 1 is 1.36 bits per heavy atom. The largest absolute Gasteiger partial charge is 0.488 e. The lowest BCUT2D eigenvalue weighted by atomic mass is 9.78. The first-order valence-electron chi connectivity index (χ1n) is 3.02. The van der Waals surface area contributed by atoms with E-state index in [4.69, 9.17) is 17.9 Å². The van der Waals surface area contributed by atoms with Crippen LogP contribution in [-0.2, 0) is 0 Å². The summed E-state index contributed by atoms with van der Waals surface area (Å²) in [7, 11) is 3.50. The molecule has 0 heterocycles. The summed E-state index contributed by atoms with van der Waals surface area (Å²) < 4.78 is 12.6. The van der Waals surface area contributed by atoms with Gasteiger partial charge in [-0.1, -0.05) is 17.6 Å². The van der Waals surface area contributed by atoms with Crippen molar-refractivity contribution in [1.29, 1.82) is 0 Å². The summed E-state index contributed by atoms with van der Waals surface area (Å²) in [6.07, 6.45) is 0. The first kappa shape index (κ1) is 8.30. The van der Waals surface area contributed by atoms with E-state index in [9.17, 15) is 4.39 Å². The van der Waals surface area contributed by atoms with E-state index in [1.807, 2.05) is 0 Å². The van der Waals surface area contributed by atoms with Gasteiger partial charge in [-0.05, 0) is 11.5 Å². The highest BCUT2D eigenvalue weighted by Crippen LogP contribution is 1.89. The zero-order valence-electron chi connectivity index (χ0n) is 5.66. The average molecular weight is 150 g/mol. The standard InChI is InChI=1S/C6H5B2FO2/c7-5-2-1-4(8(10)11)3-6(5)9/h1-3,10-11H. The van der Waals surface area contributed by atoms with E-state index in [0.29, 0.717) is 0 Å². The summed E-state index contributed by atoms with van der Waals surface area (Å²) >= 11 is 0. The second-order valence-electron chi connectivity index (χ2n) is 2.15. The Hall–Kier alpha value is -0.800. The Kier molecular flexibility index (Phi) is 2.31. The molecule has 1 aromatic carbocycles. The molecule has 0 aromatic heterocycles. The molecule has 0 spiro atoms. The van der Waals surface area contributed by atoms with Crippen molar-refractivity contribution in [2.75, 3.05) is 0 Å². The van der Waals surface area contributed by atoms with Crippen molar-refractivity contribution < 1.29 is 14.4 Å². The zero-order valence-corrected chi connectivity index (χ0v) is 5.66. The van der Waals surface area contributed by atoms with Crippen LogP contribution in [0.5, 0.6) is 0 Å². The molecule has 11 heavy (non-hydrogen) atoms. The van der Waals surface area contributed by atoms with E-state index < -0.39 is 12.9 Å². The summed E-state index contributed by atoms with van der Waals surface area (Å²) in [6.45, 7) is 0. The summed E-state index contributed by atoms with van der Waals surface area (Å²) in [6, 6.07) is 3.62. The molecule has 0 saturated heterocycles. The molecular formula is C6H5B2FO2. The third kappa shape index (κ3) is 1.82. The molecule has 0 atom stereocenters. The van der Waals surface area contributed by atoms with Gasteiger partial charge in [0.25, 0.3) is 0 Å². The molecule has 1 aromatic rings.